The summed E-state index contributed by atoms with van der Waals surface area (Å²) in [4.78, 5) is 5.24. The van der Waals surface area contributed by atoms with E-state index in [2.05, 4.69) is 26.2 Å². The first-order chi connectivity index (χ1) is 6.81. The van der Waals surface area contributed by atoms with Crippen molar-refractivity contribution in [1.29, 1.82) is 0 Å². The average molecular weight is 273 g/mol. The minimum Gasteiger partial charge on any atom is -0.438 e. The van der Waals surface area contributed by atoms with Crippen molar-refractivity contribution in [2.75, 3.05) is 7.05 Å². The lowest BCUT2D eigenvalue weighted by molar-refractivity contribution is 0.491. The van der Waals surface area contributed by atoms with Crippen molar-refractivity contribution in [2.24, 2.45) is 0 Å². The molecule has 0 saturated carbocycles. The Balaban J connectivity index is 2.29. The maximum Gasteiger partial charge on any atom is 0.208 e. The van der Waals surface area contributed by atoms with Gasteiger partial charge in [0.15, 0.2) is 5.76 Å². The number of hydrogen-bond donors (Lipinski definition) is 1. The van der Waals surface area contributed by atoms with Crippen LogP contribution in [-0.4, -0.2) is 12.0 Å². The molecule has 2 aromatic rings. The highest BCUT2D eigenvalue weighted by Gasteiger charge is 2.09. The molecule has 0 atom stereocenters. The third-order valence-electron chi connectivity index (χ3n) is 1.72. The molecule has 2 heterocycles. The molecule has 0 bridgehead atoms. The molecule has 0 spiro atoms. The van der Waals surface area contributed by atoms with Crippen molar-refractivity contribution in [2.45, 2.75) is 6.54 Å². The van der Waals surface area contributed by atoms with Crippen LogP contribution in [0.2, 0.25) is 0 Å². The fourth-order valence-corrected chi connectivity index (χ4v) is 2.63. The van der Waals surface area contributed by atoms with Crippen molar-refractivity contribution in [1.82, 2.24) is 10.3 Å². The topological polar surface area (TPSA) is 38.1 Å². The molecule has 1 N–H and O–H groups in total. The largest absolute Gasteiger partial charge is 0.438 e. The normalized spacial score (nSPS) is 10.7. The summed E-state index contributed by atoms with van der Waals surface area (Å²) in [5.41, 5.74) is 0. The van der Waals surface area contributed by atoms with Gasteiger partial charge in [0, 0.05) is 4.47 Å². The highest BCUT2D eigenvalue weighted by Crippen LogP contribution is 2.33. The van der Waals surface area contributed by atoms with Gasteiger partial charge in [-0.3, -0.25) is 0 Å². The van der Waals surface area contributed by atoms with Crippen LogP contribution < -0.4 is 5.32 Å². The van der Waals surface area contributed by atoms with E-state index in [9.17, 15) is 0 Å². The molecule has 2 aromatic heterocycles. The van der Waals surface area contributed by atoms with Crippen LogP contribution in [0.3, 0.4) is 0 Å². The monoisotopic (exact) mass is 272 g/mol. The fourth-order valence-electron chi connectivity index (χ4n) is 1.12. The van der Waals surface area contributed by atoms with Crippen LogP contribution in [0.25, 0.3) is 10.6 Å². The molecule has 0 aliphatic carbocycles. The lowest BCUT2D eigenvalue weighted by atomic mass is 10.4. The summed E-state index contributed by atoms with van der Waals surface area (Å²) >= 11 is 5.09. The smallest absolute Gasteiger partial charge is 0.208 e. The summed E-state index contributed by atoms with van der Waals surface area (Å²) < 4.78 is 6.61. The summed E-state index contributed by atoms with van der Waals surface area (Å²) in [6.07, 6.45) is 1.75. The van der Waals surface area contributed by atoms with Gasteiger partial charge < -0.3 is 9.73 Å². The van der Waals surface area contributed by atoms with Crippen LogP contribution >= 0.6 is 27.3 Å². The third-order valence-corrected chi connectivity index (χ3v) is 3.57. The van der Waals surface area contributed by atoms with Gasteiger partial charge in [0.05, 0.1) is 17.6 Å². The van der Waals surface area contributed by atoms with E-state index in [1.165, 1.54) is 0 Å². The van der Waals surface area contributed by atoms with Crippen molar-refractivity contribution in [3.63, 3.8) is 0 Å². The van der Waals surface area contributed by atoms with Gasteiger partial charge in [0.2, 0.25) is 5.89 Å². The standard InChI is InChI=1S/C9H9BrN2OS/c1-11-5-8-12-4-7(13-8)9-6(10)2-3-14-9/h2-4,11H,5H2,1H3. The highest BCUT2D eigenvalue weighted by molar-refractivity contribution is 9.10. The molecular formula is C9H9BrN2OS. The van der Waals surface area contributed by atoms with E-state index < -0.39 is 0 Å². The van der Waals surface area contributed by atoms with E-state index in [0.29, 0.717) is 12.4 Å². The Morgan fingerprint density at radius 3 is 3.14 bits per heavy atom. The van der Waals surface area contributed by atoms with Gasteiger partial charge >= 0.3 is 0 Å². The Kier molecular flexibility index (Phi) is 3.00. The van der Waals surface area contributed by atoms with Crippen molar-refractivity contribution < 1.29 is 4.42 Å². The summed E-state index contributed by atoms with van der Waals surface area (Å²) in [6.45, 7) is 0.656. The molecule has 2 rings (SSSR count). The van der Waals surface area contributed by atoms with Gasteiger partial charge in [-0.15, -0.1) is 11.3 Å². The Morgan fingerprint density at radius 1 is 1.64 bits per heavy atom. The number of rotatable bonds is 3. The number of hydrogen-bond acceptors (Lipinski definition) is 4. The number of nitrogens with zero attached hydrogens (tertiary/aromatic N) is 1. The van der Waals surface area contributed by atoms with Crippen molar-refractivity contribution >= 4 is 27.3 Å². The molecule has 14 heavy (non-hydrogen) atoms. The van der Waals surface area contributed by atoms with E-state index in [1.807, 2.05) is 18.5 Å². The van der Waals surface area contributed by atoms with Crippen LogP contribution in [0.5, 0.6) is 0 Å². The van der Waals surface area contributed by atoms with Crippen LogP contribution in [0.1, 0.15) is 5.89 Å². The lowest BCUT2D eigenvalue weighted by Gasteiger charge is -1.92. The Morgan fingerprint density at radius 2 is 2.50 bits per heavy atom. The first-order valence-electron chi connectivity index (χ1n) is 4.14. The van der Waals surface area contributed by atoms with Crippen LogP contribution in [-0.2, 0) is 6.54 Å². The second kappa shape index (κ2) is 4.25. The van der Waals surface area contributed by atoms with Crippen LogP contribution in [0, 0.1) is 0 Å². The minimum atomic E-state index is 0.656. The molecule has 0 radical (unpaired) electrons. The van der Waals surface area contributed by atoms with Gasteiger partial charge in [0.25, 0.3) is 0 Å². The number of aromatic nitrogens is 1. The average Bonchev–Trinajstić information content (AvgIpc) is 2.74. The molecule has 0 aromatic carbocycles. The van der Waals surface area contributed by atoms with Crippen LogP contribution in [0.4, 0.5) is 0 Å². The van der Waals surface area contributed by atoms with Gasteiger partial charge in [-0.1, -0.05) is 0 Å². The SMILES string of the molecule is CNCc1ncc(-c2sccc2Br)o1. The first-order valence-corrected chi connectivity index (χ1v) is 5.81. The number of nitrogens with one attached hydrogen (secondary N) is 1. The summed E-state index contributed by atoms with van der Waals surface area (Å²) in [6, 6.07) is 2.00. The van der Waals surface area contributed by atoms with E-state index in [0.717, 1.165) is 15.1 Å². The summed E-state index contributed by atoms with van der Waals surface area (Å²) in [5.74, 6) is 1.53. The molecule has 5 heteroatoms. The zero-order valence-electron chi connectivity index (χ0n) is 7.58. The van der Waals surface area contributed by atoms with Crippen molar-refractivity contribution in [3.8, 4) is 10.6 Å². The Bertz CT molecular complexity index is 424. The van der Waals surface area contributed by atoms with E-state index >= 15 is 0 Å². The Hall–Kier alpha value is -0.650. The zero-order valence-corrected chi connectivity index (χ0v) is 9.98. The van der Waals surface area contributed by atoms with Gasteiger partial charge in [-0.05, 0) is 34.4 Å². The lowest BCUT2D eigenvalue weighted by Crippen LogP contribution is -2.04. The van der Waals surface area contributed by atoms with E-state index in [4.69, 9.17) is 4.42 Å². The number of halogens is 1. The molecule has 3 nitrogen and oxygen atoms in total. The van der Waals surface area contributed by atoms with E-state index in [-0.39, 0.29) is 0 Å². The predicted molar refractivity (Wildman–Crippen MR) is 60.3 cm³/mol. The summed E-state index contributed by atoms with van der Waals surface area (Å²) in [7, 11) is 1.87. The zero-order chi connectivity index (χ0) is 9.97. The number of oxazole rings is 1. The molecule has 0 saturated heterocycles. The quantitative estimate of drug-likeness (QED) is 0.934. The molecular weight excluding hydrogens is 264 g/mol. The third kappa shape index (κ3) is 1.89. The first kappa shape index (κ1) is 9.89. The summed E-state index contributed by atoms with van der Waals surface area (Å²) in [5, 5.41) is 5.01. The fraction of sp³-hybridized carbons (Fsp3) is 0.222. The molecule has 0 unspecified atom stereocenters. The molecule has 0 aliphatic rings. The molecule has 0 fully saturated rings. The Labute approximate surface area is 94.3 Å². The van der Waals surface area contributed by atoms with E-state index in [1.54, 1.807) is 17.5 Å². The van der Waals surface area contributed by atoms with Gasteiger partial charge in [-0.2, -0.15) is 0 Å². The highest BCUT2D eigenvalue weighted by atomic mass is 79.9. The van der Waals surface area contributed by atoms with Crippen LogP contribution in [0.15, 0.2) is 26.5 Å². The predicted octanol–water partition coefficient (Wildman–Crippen LogP) is 2.89. The number of thiophene rings is 1. The second-order valence-electron chi connectivity index (χ2n) is 2.75. The molecule has 0 amide bonds. The minimum absolute atomic E-state index is 0.656. The second-order valence-corrected chi connectivity index (χ2v) is 4.52. The van der Waals surface area contributed by atoms with Gasteiger partial charge in [0.1, 0.15) is 0 Å². The maximum absolute atomic E-state index is 5.56. The maximum atomic E-state index is 5.56. The van der Waals surface area contributed by atoms with Crippen molar-refractivity contribution in [3.05, 3.63) is 28.0 Å². The molecule has 0 aliphatic heterocycles. The van der Waals surface area contributed by atoms with Gasteiger partial charge in [-0.25, -0.2) is 4.98 Å². The molecule has 74 valence electrons.